The zero-order valence-electron chi connectivity index (χ0n) is 66.3. The van der Waals surface area contributed by atoms with Gasteiger partial charge >= 0.3 is 56.9 Å². The summed E-state index contributed by atoms with van der Waals surface area (Å²) in [4.78, 5) is 22.8. The van der Waals surface area contributed by atoms with E-state index in [0.29, 0.717) is 88.9 Å². The highest BCUT2D eigenvalue weighted by Gasteiger charge is 2.41. The second-order valence-corrected chi connectivity index (χ2v) is 37.5. The summed E-state index contributed by atoms with van der Waals surface area (Å²) in [7, 11) is -7.15. The van der Waals surface area contributed by atoms with E-state index >= 15 is 0 Å². The van der Waals surface area contributed by atoms with Crippen LogP contribution in [-0.2, 0) is 99.2 Å². The number of carbonyl (C=O) groups is 2. The molecule has 0 heterocycles. The Hall–Kier alpha value is -5.26. The molecule has 0 aliphatic rings. The highest BCUT2D eigenvalue weighted by molar-refractivity contribution is 6.61. The van der Waals surface area contributed by atoms with Crippen LogP contribution in [0.3, 0.4) is 0 Å². The first-order valence-electron chi connectivity index (χ1n) is 37.5. The number of benzene rings is 5. The molecule has 0 radical (unpaired) electrons. The van der Waals surface area contributed by atoms with E-state index in [1.807, 2.05) is 194 Å². The molecule has 0 aromatic heterocycles. The number of carbonyl (C=O) groups excluding carboxylic acids is 2. The van der Waals surface area contributed by atoms with E-state index in [1.54, 1.807) is 26.4 Å². The highest BCUT2D eigenvalue weighted by Crippen LogP contribution is 2.27. The molecule has 0 spiro atoms. The van der Waals surface area contributed by atoms with Gasteiger partial charge in [0.25, 0.3) is 0 Å². The summed E-state index contributed by atoms with van der Waals surface area (Å²) in [6.45, 7) is 39.7. The average molecular weight is 1540 g/mol. The molecule has 0 amide bonds. The van der Waals surface area contributed by atoms with E-state index in [4.69, 9.17) is 71.7 Å². The molecule has 25 heteroatoms. The maximum absolute atomic E-state index is 11.9. The van der Waals surface area contributed by atoms with Crippen molar-refractivity contribution in [3.05, 3.63) is 162 Å². The summed E-state index contributed by atoms with van der Waals surface area (Å²) in [5, 5.41) is 19.2. The number of hydrogen-bond donors (Lipinski definition) is 2. The molecular formula is C79H132O20Si5. The molecule has 0 aliphatic carbocycles. The Balaban J connectivity index is 0.000000659. The Kier molecular flexibility index (Phi) is 54.7. The third-order valence-corrected chi connectivity index (χ3v) is 28.9. The van der Waals surface area contributed by atoms with Crippen LogP contribution in [-0.4, -0.2) is 154 Å². The van der Waals surface area contributed by atoms with Crippen molar-refractivity contribution in [2.75, 3.05) is 86.9 Å². The number of ether oxygens (including phenoxy) is 3. The maximum atomic E-state index is 11.9. The molecule has 0 aliphatic heterocycles. The zero-order valence-corrected chi connectivity index (χ0v) is 71.6. The summed E-state index contributed by atoms with van der Waals surface area (Å²) in [5.74, 6) is 2.23. The molecule has 104 heavy (non-hydrogen) atoms. The average Bonchev–Trinajstić information content (AvgIpc) is 0.878. The third-order valence-electron chi connectivity index (χ3n) is 15.3. The number of phenols is 2. The highest BCUT2D eigenvalue weighted by atomic mass is 28.4. The van der Waals surface area contributed by atoms with Crippen molar-refractivity contribution in [3.63, 3.8) is 0 Å². The molecule has 0 bridgehead atoms. The Morgan fingerprint density at radius 1 is 0.413 bits per heavy atom. The summed E-state index contributed by atoms with van der Waals surface area (Å²) >= 11 is 0. The topological polar surface area (TPSA) is 222 Å². The van der Waals surface area contributed by atoms with Crippen LogP contribution in [0.25, 0.3) is 0 Å². The predicted octanol–water partition coefficient (Wildman–Crippen LogP) is 17.2. The molecule has 0 fully saturated rings. The fourth-order valence-corrected chi connectivity index (χ4v) is 21.6. The van der Waals surface area contributed by atoms with Crippen molar-refractivity contribution in [1.29, 1.82) is 0 Å². The van der Waals surface area contributed by atoms with Crippen molar-refractivity contribution >= 4 is 56.9 Å². The second-order valence-electron chi connectivity index (χ2n) is 24.8. The molecule has 20 nitrogen and oxygen atoms in total. The van der Waals surface area contributed by atoms with Gasteiger partial charge < -0.3 is 82.0 Å². The van der Waals surface area contributed by atoms with Gasteiger partial charge in [0.15, 0.2) is 0 Å². The van der Waals surface area contributed by atoms with Crippen molar-refractivity contribution in [2.45, 2.75) is 205 Å². The van der Waals surface area contributed by atoms with Gasteiger partial charge in [-0.25, -0.2) is 0 Å². The smallest absolute Gasteiger partial charge is 0.500 e. The van der Waals surface area contributed by atoms with Crippen molar-refractivity contribution in [2.24, 2.45) is 5.41 Å². The van der Waals surface area contributed by atoms with Crippen LogP contribution in [0.1, 0.15) is 170 Å². The van der Waals surface area contributed by atoms with Gasteiger partial charge in [-0.2, -0.15) is 0 Å². The molecule has 0 saturated carbocycles. The lowest BCUT2D eigenvalue weighted by Crippen LogP contribution is -2.46. The number of para-hydroxylation sites is 2. The quantitative estimate of drug-likeness (QED) is 0.0160. The first-order chi connectivity index (χ1) is 50.0. The number of rotatable bonds is 49. The zero-order chi connectivity index (χ0) is 77.3. The van der Waals surface area contributed by atoms with Crippen LogP contribution in [0.15, 0.2) is 134 Å². The largest absolute Gasteiger partial charge is 0.508 e. The third kappa shape index (κ3) is 44.1. The standard InChI is InChI=1S/C21H36O5Si.C17H28O5Si.C17H28O4Si.C13H22O3Si.C11H18O3Si/c1-7-23-27(24-8-2,25-9-3)16-10-11-18-12-14-19(15-13-18)26-20(22)17-21(4,5)6;1-5-19-23(20-6-2,21-7-3)14-8-9-16-10-12-17(13-11-16)22-15(4)18;1-5-18-17-13-11-16(12-14-17)10-9-15-22(19-6-2,20-7-3)21-8-4;1-3-15-17(16-4-2)11-7-9-12-8-5-6-10-13(12)14;1-13-15(14-2)9-5-7-10-6-3-4-8-11(10)12/h12-15H,7-11,16-17H2,1-6H3;10-13H,5-9,14H2,1-4H3;5,11-14H,1,6-10,15H2,2-4H3;5-6,8,10,14,17H,3-4,7,9,11H2,1-2H3;3-4,6,8,12,15H,5,7,9H2,1-2H3. The molecule has 5 rings (SSSR count). The number of hydrogen-bond acceptors (Lipinski definition) is 20. The van der Waals surface area contributed by atoms with Gasteiger partial charge in [-0.05, 0) is 234 Å². The van der Waals surface area contributed by atoms with Crippen LogP contribution >= 0.6 is 0 Å². The number of esters is 2. The first-order valence-corrected chi connectivity index (χ1v) is 46.9. The number of aromatic hydroxyl groups is 2. The SMILES string of the molecule is C=COc1ccc(CCC[Si](OCC)(OCC)OCC)cc1.CCO[SiH](CCCc1ccccc1O)OCC.CCO[Si](CCCc1ccc(OC(=O)CC(C)(C)C)cc1)(OCC)OCC.CCO[Si](CCCc1ccc(OC(C)=O)cc1)(OCC)OCC.CO[SiH](CCCc1ccccc1O)OC. The summed E-state index contributed by atoms with van der Waals surface area (Å²) < 4.78 is 90.1. The monoisotopic (exact) mass is 1540 g/mol. The van der Waals surface area contributed by atoms with Gasteiger partial charge in [0.1, 0.15) is 28.7 Å². The minimum absolute atomic E-state index is 0.0743. The van der Waals surface area contributed by atoms with E-state index in [9.17, 15) is 19.8 Å². The summed E-state index contributed by atoms with van der Waals surface area (Å²) in [6.07, 6.45) is 11.2. The van der Waals surface area contributed by atoms with Crippen molar-refractivity contribution < 1.29 is 91.6 Å². The summed E-state index contributed by atoms with van der Waals surface area (Å²) in [6, 6.07) is 42.7. The van der Waals surface area contributed by atoms with Gasteiger partial charge in [-0.3, -0.25) is 9.59 Å². The van der Waals surface area contributed by atoms with Crippen molar-refractivity contribution in [1.82, 2.24) is 0 Å². The maximum Gasteiger partial charge on any atom is 0.500 e. The number of phenolic OH excluding ortho intramolecular Hbond substituents is 2. The van der Waals surface area contributed by atoms with Crippen LogP contribution < -0.4 is 14.2 Å². The predicted molar refractivity (Wildman–Crippen MR) is 426 cm³/mol. The molecule has 588 valence electrons. The van der Waals surface area contributed by atoms with Crippen LogP contribution in [0.2, 0.25) is 30.2 Å². The minimum atomic E-state index is -2.57. The van der Waals surface area contributed by atoms with Crippen LogP contribution in [0, 0.1) is 5.41 Å². The normalized spacial score (nSPS) is 11.5. The number of aryl methyl sites for hydroxylation is 5. The van der Waals surface area contributed by atoms with Crippen LogP contribution in [0.4, 0.5) is 0 Å². The van der Waals surface area contributed by atoms with Gasteiger partial charge in [0.2, 0.25) is 0 Å². The molecular weight excluding hydrogens is 1410 g/mol. The molecule has 5 aromatic rings. The molecule has 5 aromatic carbocycles. The van der Waals surface area contributed by atoms with Gasteiger partial charge in [-0.1, -0.05) is 100 Å². The van der Waals surface area contributed by atoms with Gasteiger partial charge in [0.05, 0.1) is 12.7 Å². The molecule has 0 saturated heterocycles. The lowest BCUT2D eigenvalue weighted by Gasteiger charge is -2.28. The fraction of sp³-hybridized carbons (Fsp3) is 0.570. The first kappa shape index (κ1) is 96.8. The fourth-order valence-electron chi connectivity index (χ4n) is 10.9. The van der Waals surface area contributed by atoms with Crippen molar-refractivity contribution in [3.8, 4) is 28.7 Å². The lowest BCUT2D eigenvalue weighted by atomic mass is 9.92. The van der Waals surface area contributed by atoms with E-state index in [1.165, 1.54) is 29.9 Å². The molecule has 0 atom stereocenters. The molecule has 2 N–H and O–H groups in total. The van der Waals surface area contributed by atoms with E-state index < -0.39 is 45.0 Å². The Morgan fingerprint density at radius 2 is 0.721 bits per heavy atom. The Bertz CT molecular complexity index is 2880. The van der Waals surface area contributed by atoms with E-state index in [-0.39, 0.29) is 17.4 Å². The lowest BCUT2D eigenvalue weighted by molar-refractivity contribution is -0.136. The Labute approximate surface area is 632 Å². The van der Waals surface area contributed by atoms with E-state index in [0.717, 1.165) is 125 Å². The second kappa shape index (κ2) is 58.8. The minimum Gasteiger partial charge on any atom is -0.508 e. The van der Waals surface area contributed by atoms with Gasteiger partial charge in [0, 0.05) is 112 Å². The Morgan fingerprint density at radius 3 is 1.00 bits per heavy atom. The molecule has 0 unspecified atom stereocenters. The van der Waals surface area contributed by atoms with E-state index in [2.05, 4.69) is 18.7 Å². The summed E-state index contributed by atoms with van der Waals surface area (Å²) in [5.41, 5.74) is 5.58. The van der Waals surface area contributed by atoms with Crippen LogP contribution in [0.5, 0.6) is 28.7 Å². The van der Waals surface area contributed by atoms with Gasteiger partial charge in [-0.15, -0.1) is 0 Å².